The molecule has 2 heterocycles. The van der Waals surface area contributed by atoms with Gasteiger partial charge < -0.3 is 9.15 Å². The van der Waals surface area contributed by atoms with E-state index in [0.717, 1.165) is 27.1 Å². The molecule has 0 fully saturated rings. The van der Waals surface area contributed by atoms with E-state index in [-0.39, 0.29) is 12.6 Å². The highest BCUT2D eigenvalue weighted by molar-refractivity contribution is 7.13. The number of thiophene rings is 1. The Hall–Kier alpha value is -2.40. The molecule has 0 spiro atoms. The summed E-state index contributed by atoms with van der Waals surface area (Å²) < 4.78 is 11.0. The van der Waals surface area contributed by atoms with E-state index in [4.69, 9.17) is 9.15 Å². The van der Waals surface area contributed by atoms with Crippen LogP contribution in [0.15, 0.2) is 28.2 Å². The topological polar surface area (TPSA) is 52.3 Å². The summed E-state index contributed by atoms with van der Waals surface area (Å²) >= 11 is 1.56. The van der Waals surface area contributed by atoms with Crippen LogP contribution in [0, 0.1) is 34.6 Å². The van der Waals surface area contributed by atoms with Crippen LogP contribution in [-0.2, 0) is 11.3 Å². The highest BCUT2D eigenvalue weighted by Crippen LogP contribution is 2.27. The van der Waals surface area contributed by atoms with Gasteiger partial charge in [-0.1, -0.05) is 6.07 Å². The lowest BCUT2D eigenvalue weighted by Crippen LogP contribution is -2.12. The fraction of sp³-hybridized carbons (Fsp3) is 0.300. The van der Waals surface area contributed by atoms with Gasteiger partial charge in [-0.15, -0.1) is 11.3 Å². The quantitative estimate of drug-likeness (QED) is 0.596. The molecular formula is C20H21NO3S. The first-order valence-electron chi connectivity index (χ1n) is 8.12. The summed E-state index contributed by atoms with van der Waals surface area (Å²) in [5, 5.41) is 1.97. The molecule has 5 heteroatoms. The molecule has 25 heavy (non-hydrogen) atoms. The number of aromatic nitrogens is 1. The van der Waals surface area contributed by atoms with E-state index in [1.54, 1.807) is 11.3 Å². The number of nitrogens with zero attached hydrogens (tertiary/aromatic N) is 1. The first-order chi connectivity index (χ1) is 11.9. The standard InChI is InChI=1S/C20H21NO3S/c1-11-12(2)14(4)18(15(5)13(11)3)20(22)24-10-16-9-23-19(21-16)17-7-6-8-25-17/h6-9H,10H2,1-5H3. The van der Waals surface area contributed by atoms with Crippen molar-refractivity contribution in [3.8, 4) is 10.8 Å². The van der Waals surface area contributed by atoms with Crippen molar-refractivity contribution >= 4 is 17.3 Å². The number of benzene rings is 1. The average molecular weight is 355 g/mol. The molecule has 0 aliphatic carbocycles. The molecule has 0 bridgehead atoms. The Morgan fingerprint density at radius 2 is 1.72 bits per heavy atom. The summed E-state index contributed by atoms with van der Waals surface area (Å²) in [5.41, 5.74) is 6.71. The Morgan fingerprint density at radius 3 is 2.32 bits per heavy atom. The highest BCUT2D eigenvalue weighted by atomic mass is 32.1. The summed E-state index contributed by atoms with van der Waals surface area (Å²) in [4.78, 5) is 18.0. The number of rotatable bonds is 4. The largest absolute Gasteiger partial charge is 0.455 e. The number of hydrogen-bond donors (Lipinski definition) is 0. The van der Waals surface area contributed by atoms with Gasteiger partial charge in [0, 0.05) is 0 Å². The molecule has 3 aromatic rings. The number of oxazole rings is 1. The van der Waals surface area contributed by atoms with E-state index in [2.05, 4.69) is 11.9 Å². The third-order valence-electron chi connectivity index (χ3n) is 4.84. The molecule has 0 aliphatic heterocycles. The molecule has 0 saturated carbocycles. The third kappa shape index (κ3) is 3.24. The van der Waals surface area contributed by atoms with Gasteiger partial charge in [0.2, 0.25) is 5.89 Å². The summed E-state index contributed by atoms with van der Waals surface area (Å²) in [7, 11) is 0. The van der Waals surface area contributed by atoms with Gasteiger partial charge in [0.05, 0.1) is 10.4 Å². The fourth-order valence-electron chi connectivity index (χ4n) is 2.90. The summed E-state index contributed by atoms with van der Waals surface area (Å²) in [6.07, 6.45) is 1.54. The van der Waals surface area contributed by atoms with Gasteiger partial charge in [-0.2, -0.15) is 0 Å². The van der Waals surface area contributed by atoms with Crippen LogP contribution in [-0.4, -0.2) is 11.0 Å². The number of carbonyl (C=O) groups is 1. The first kappa shape index (κ1) is 17.4. The number of ether oxygens (including phenoxy) is 1. The molecular weight excluding hydrogens is 334 g/mol. The third-order valence-corrected chi connectivity index (χ3v) is 5.70. The monoisotopic (exact) mass is 355 g/mol. The van der Waals surface area contributed by atoms with Gasteiger partial charge in [0.25, 0.3) is 0 Å². The Bertz CT molecular complexity index is 894. The minimum atomic E-state index is -0.318. The summed E-state index contributed by atoms with van der Waals surface area (Å²) in [6.45, 7) is 10.2. The molecule has 0 aliphatic rings. The lowest BCUT2D eigenvalue weighted by Gasteiger charge is -2.17. The normalized spacial score (nSPS) is 10.9. The summed E-state index contributed by atoms with van der Waals surface area (Å²) in [5.74, 6) is 0.234. The molecule has 4 nitrogen and oxygen atoms in total. The van der Waals surface area contributed by atoms with Gasteiger partial charge >= 0.3 is 5.97 Å². The smallest absolute Gasteiger partial charge is 0.339 e. The van der Waals surface area contributed by atoms with Gasteiger partial charge in [0.1, 0.15) is 18.6 Å². The molecule has 0 saturated heterocycles. The number of hydrogen-bond acceptors (Lipinski definition) is 5. The Kier molecular flexibility index (Phi) is 4.77. The van der Waals surface area contributed by atoms with Crippen LogP contribution in [0.5, 0.6) is 0 Å². The van der Waals surface area contributed by atoms with Crippen LogP contribution in [0.1, 0.15) is 43.9 Å². The Labute approximate surface area is 151 Å². The molecule has 1 aromatic carbocycles. The van der Waals surface area contributed by atoms with E-state index in [1.165, 1.54) is 11.8 Å². The first-order valence-corrected chi connectivity index (χ1v) is 9.00. The maximum Gasteiger partial charge on any atom is 0.339 e. The second-order valence-electron chi connectivity index (χ2n) is 6.20. The second kappa shape index (κ2) is 6.84. The molecule has 2 aromatic heterocycles. The lowest BCUT2D eigenvalue weighted by atomic mass is 9.90. The maximum atomic E-state index is 12.6. The molecule has 0 radical (unpaired) electrons. The average Bonchev–Trinajstić information content (AvgIpc) is 3.27. The van der Waals surface area contributed by atoms with Crippen LogP contribution >= 0.6 is 11.3 Å². The predicted octanol–water partition coefficient (Wildman–Crippen LogP) is 5.30. The SMILES string of the molecule is Cc1c(C)c(C)c(C(=O)OCc2coc(-c3cccs3)n2)c(C)c1C. The zero-order valence-electron chi connectivity index (χ0n) is 15.1. The van der Waals surface area contributed by atoms with Crippen molar-refractivity contribution in [3.05, 3.63) is 62.9 Å². The van der Waals surface area contributed by atoms with Crippen molar-refractivity contribution in [3.63, 3.8) is 0 Å². The highest BCUT2D eigenvalue weighted by Gasteiger charge is 2.20. The van der Waals surface area contributed by atoms with E-state index in [1.807, 2.05) is 45.2 Å². The second-order valence-corrected chi connectivity index (χ2v) is 7.15. The maximum absolute atomic E-state index is 12.6. The van der Waals surface area contributed by atoms with E-state index < -0.39 is 0 Å². The number of carbonyl (C=O) groups excluding carboxylic acids is 1. The van der Waals surface area contributed by atoms with Crippen LogP contribution < -0.4 is 0 Å². The van der Waals surface area contributed by atoms with Crippen LogP contribution in [0.2, 0.25) is 0 Å². The van der Waals surface area contributed by atoms with Crippen molar-refractivity contribution < 1.29 is 13.9 Å². The molecule has 0 amide bonds. The Morgan fingerprint density at radius 1 is 1.08 bits per heavy atom. The van der Waals surface area contributed by atoms with E-state index >= 15 is 0 Å². The van der Waals surface area contributed by atoms with Gasteiger partial charge in [0.15, 0.2) is 0 Å². The van der Waals surface area contributed by atoms with Crippen LogP contribution in [0.3, 0.4) is 0 Å². The fourth-order valence-corrected chi connectivity index (χ4v) is 3.56. The molecule has 130 valence electrons. The number of esters is 1. The van der Waals surface area contributed by atoms with Gasteiger partial charge in [-0.3, -0.25) is 0 Å². The van der Waals surface area contributed by atoms with Crippen molar-refractivity contribution in [2.24, 2.45) is 0 Å². The van der Waals surface area contributed by atoms with Crippen molar-refractivity contribution in [2.75, 3.05) is 0 Å². The minimum Gasteiger partial charge on any atom is -0.455 e. The zero-order valence-corrected chi connectivity index (χ0v) is 15.9. The molecule has 3 rings (SSSR count). The molecule has 0 atom stereocenters. The summed E-state index contributed by atoms with van der Waals surface area (Å²) in [6, 6.07) is 3.88. The Balaban J connectivity index is 1.78. The van der Waals surface area contributed by atoms with Crippen molar-refractivity contribution in [2.45, 2.75) is 41.2 Å². The molecule has 0 N–H and O–H groups in total. The van der Waals surface area contributed by atoms with Crippen LogP contribution in [0.25, 0.3) is 10.8 Å². The minimum absolute atomic E-state index is 0.0958. The van der Waals surface area contributed by atoms with E-state index in [9.17, 15) is 4.79 Å². The van der Waals surface area contributed by atoms with Crippen molar-refractivity contribution in [1.82, 2.24) is 4.98 Å². The molecule has 0 unspecified atom stereocenters. The van der Waals surface area contributed by atoms with Crippen LogP contribution in [0.4, 0.5) is 0 Å². The zero-order chi connectivity index (χ0) is 18.1. The van der Waals surface area contributed by atoms with Crippen molar-refractivity contribution in [1.29, 1.82) is 0 Å². The van der Waals surface area contributed by atoms with E-state index in [0.29, 0.717) is 17.1 Å². The van der Waals surface area contributed by atoms with Gasteiger partial charge in [-0.25, -0.2) is 9.78 Å². The predicted molar refractivity (Wildman–Crippen MR) is 99.1 cm³/mol. The lowest BCUT2D eigenvalue weighted by molar-refractivity contribution is 0.0466. The van der Waals surface area contributed by atoms with Gasteiger partial charge in [-0.05, 0) is 73.9 Å².